The summed E-state index contributed by atoms with van der Waals surface area (Å²) in [5.41, 5.74) is 2.39. The molecule has 2 aliphatic heterocycles. The summed E-state index contributed by atoms with van der Waals surface area (Å²) in [7, 11) is -0.519. The molecule has 0 saturated carbocycles. The van der Waals surface area contributed by atoms with E-state index in [1.165, 1.54) is 0 Å². The van der Waals surface area contributed by atoms with Crippen LogP contribution in [0.15, 0.2) is 78.4 Å². The van der Waals surface area contributed by atoms with E-state index < -0.39 is 26.3 Å². The van der Waals surface area contributed by atoms with E-state index in [1.807, 2.05) is 67.6 Å². The first-order valence-corrected chi connectivity index (χ1v) is 19.4. The topological polar surface area (TPSA) is 72.5 Å². The van der Waals surface area contributed by atoms with Crippen LogP contribution in [0, 0.1) is 5.92 Å². The molecule has 2 aliphatic rings. The number of fused-ring (bicyclic) bond motifs is 1. The molecule has 46 heavy (non-hydrogen) atoms. The summed E-state index contributed by atoms with van der Waals surface area (Å²) in [4.78, 5) is 13.6. The Hall–Kier alpha value is -2.75. The molecule has 0 amide bonds. The molecular weight excluding hydrogens is 596 g/mol. The first-order valence-electron chi connectivity index (χ1n) is 16.5. The summed E-state index contributed by atoms with van der Waals surface area (Å²) < 4.78 is 37.5. The summed E-state index contributed by atoms with van der Waals surface area (Å²) in [6.07, 6.45) is 6.21. The average Bonchev–Trinajstić information content (AvgIpc) is 3.35. The fourth-order valence-corrected chi connectivity index (χ4v) is 7.03. The predicted molar refractivity (Wildman–Crippen MR) is 184 cm³/mol. The zero-order valence-electron chi connectivity index (χ0n) is 29.2. The van der Waals surface area contributed by atoms with E-state index in [0.717, 1.165) is 22.4 Å². The monoisotopic (exact) mass is 650 g/mol. The van der Waals surface area contributed by atoms with Gasteiger partial charge in [0.25, 0.3) is 0 Å². The predicted octanol–water partition coefficient (Wildman–Crippen LogP) is 8.71. The second-order valence-corrected chi connectivity index (χ2v) is 19.2. The Balaban J connectivity index is 1.56. The molecule has 0 aliphatic carbocycles. The lowest BCUT2D eigenvalue weighted by molar-refractivity contribution is -0.151. The first kappa shape index (κ1) is 36.1. The largest absolute Gasteiger partial charge is 0.497 e. The molecule has 1 saturated heterocycles. The Bertz CT molecular complexity index is 1330. The lowest BCUT2D eigenvalue weighted by Crippen LogP contribution is -2.45. The van der Waals surface area contributed by atoms with Crippen LogP contribution in [0.4, 0.5) is 0 Å². The summed E-state index contributed by atoms with van der Waals surface area (Å²) in [5, 5.41) is 0.00331. The Kier molecular flexibility index (Phi) is 12.1. The maximum Gasteiger partial charge on any atom is 0.308 e. The molecule has 0 bridgehead atoms. The van der Waals surface area contributed by atoms with Crippen LogP contribution in [-0.2, 0) is 34.8 Å². The molecule has 7 nitrogen and oxygen atoms in total. The molecule has 4 rings (SSSR count). The van der Waals surface area contributed by atoms with E-state index in [2.05, 4.69) is 59.9 Å². The van der Waals surface area contributed by atoms with Crippen LogP contribution in [0.25, 0.3) is 0 Å². The number of esters is 1. The number of methoxy groups -OCH3 is 1. The van der Waals surface area contributed by atoms with Crippen LogP contribution in [0.1, 0.15) is 78.2 Å². The summed E-state index contributed by atoms with van der Waals surface area (Å²) in [6, 6.07) is 17.9. The highest BCUT2D eigenvalue weighted by Crippen LogP contribution is 2.44. The summed E-state index contributed by atoms with van der Waals surface area (Å²) in [6.45, 7) is 18.2. The van der Waals surface area contributed by atoms with E-state index in [9.17, 15) is 4.79 Å². The van der Waals surface area contributed by atoms with Crippen molar-refractivity contribution in [3.63, 3.8) is 0 Å². The highest BCUT2D eigenvalue weighted by Gasteiger charge is 2.47. The summed E-state index contributed by atoms with van der Waals surface area (Å²) in [5.74, 6) is 0.451. The van der Waals surface area contributed by atoms with Gasteiger partial charge in [0.1, 0.15) is 18.0 Å². The van der Waals surface area contributed by atoms with Crippen molar-refractivity contribution >= 4 is 14.3 Å². The maximum atomic E-state index is 13.6. The van der Waals surface area contributed by atoms with Gasteiger partial charge in [0.2, 0.25) is 0 Å². The van der Waals surface area contributed by atoms with Crippen molar-refractivity contribution in [1.29, 1.82) is 0 Å². The fourth-order valence-electron chi connectivity index (χ4n) is 5.64. The normalized spacial score (nSPS) is 28.2. The minimum absolute atomic E-state index is 0.00331. The van der Waals surface area contributed by atoms with Gasteiger partial charge in [-0.1, -0.05) is 88.4 Å². The van der Waals surface area contributed by atoms with Crippen molar-refractivity contribution in [2.45, 2.75) is 116 Å². The minimum atomic E-state index is -2.17. The van der Waals surface area contributed by atoms with Crippen LogP contribution in [0.2, 0.25) is 18.1 Å². The second-order valence-electron chi connectivity index (χ2n) is 14.4. The van der Waals surface area contributed by atoms with E-state index in [0.29, 0.717) is 26.1 Å². The molecule has 2 aromatic carbocycles. The number of ether oxygens (including phenoxy) is 5. The third kappa shape index (κ3) is 9.41. The second kappa shape index (κ2) is 15.4. The first-order chi connectivity index (χ1) is 21.7. The van der Waals surface area contributed by atoms with Gasteiger partial charge in [-0.05, 0) is 68.1 Å². The van der Waals surface area contributed by atoms with Crippen LogP contribution in [0.3, 0.4) is 0 Å². The quantitative estimate of drug-likeness (QED) is 0.116. The molecular formula is C38H54O7Si. The smallest absolute Gasteiger partial charge is 0.308 e. The van der Waals surface area contributed by atoms with Crippen molar-refractivity contribution in [1.82, 2.24) is 0 Å². The van der Waals surface area contributed by atoms with Gasteiger partial charge in [-0.2, -0.15) is 0 Å². The third-order valence-corrected chi connectivity index (χ3v) is 14.2. The van der Waals surface area contributed by atoms with E-state index in [4.69, 9.17) is 28.1 Å². The zero-order valence-corrected chi connectivity index (χ0v) is 30.2. The molecule has 0 unspecified atom stereocenters. The van der Waals surface area contributed by atoms with Gasteiger partial charge in [-0.3, -0.25) is 4.79 Å². The highest BCUT2D eigenvalue weighted by molar-refractivity contribution is 6.74. The number of hydrogen-bond acceptors (Lipinski definition) is 7. The molecule has 1 fully saturated rings. The molecule has 252 valence electrons. The van der Waals surface area contributed by atoms with Gasteiger partial charge in [-0.15, -0.1) is 0 Å². The molecule has 0 aromatic heterocycles. The number of benzene rings is 2. The Morgan fingerprint density at radius 2 is 1.76 bits per heavy atom. The Morgan fingerprint density at radius 3 is 2.41 bits per heavy atom. The van der Waals surface area contributed by atoms with Gasteiger partial charge < -0.3 is 28.1 Å². The van der Waals surface area contributed by atoms with Crippen molar-refractivity contribution in [2.75, 3.05) is 13.7 Å². The van der Waals surface area contributed by atoms with Gasteiger partial charge in [0.15, 0.2) is 14.6 Å². The third-order valence-electron chi connectivity index (χ3n) is 9.67. The van der Waals surface area contributed by atoms with Crippen LogP contribution in [-0.4, -0.2) is 51.9 Å². The maximum absolute atomic E-state index is 13.6. The van der Waals surface area contributed by atoms with Crippen LogP contribution < -0.4 is 4.74 Å². The Morgan fingerprint density at radius 1 is 1.07 bits per heavy atom. The van der Waals surface area contributed by atoms with Gasteiger partial charge in [0, 0.05) is 11.5 Å². The average molecular weight is 651 g/mol. The SMILES string of the molecule is COc1ccc(COCC=C(C)[C@H]2OC(=O)C[C@H](O[Si](C)(C)C(C)(C)C)CC[C@@]3(C)O[C@@H](c4ccccc4)O[C@H]3C=C[C@@H]2C)cc1. The van der Waals surface area contributed by atoms with Gasteiger partial charge in [-0.25, -0.2) is 0 Å². The van der Waals surface area contributed by atoms with Crippen molar-refractivity contribution in [2.24, 2.45) is 5.92 Å². The molecule has 8 heteroatoms. The van der Waals surface area contributed by atoms with E-state index >= 15 is 0 Å². The van der Waals surface area contributed by atoms with E-state index in [-0.39, 0.29) is 35.6 Å². The van der Waals surface area contributed by atoms with Crippen LogP contribution in [0.5, 0.6) is 5.75 Å². The Labute approximate surface area is 277 Å². The number of carbonyl (C=O) groups excluding carboxylic acids is 1. The summed E-state index contributed by atoms with van der Waals surface area (Å²) >= 11 is 0. The highest BCUT2D eigenvalue weighted by atomic mass is 28.4. The van der Waals surface area contributed by atoms with Crippen LogP contribution >= 0.6 is 0 Å². The minimum Gasteiger partial charge on any atom is -0.497 e. The van der Waals surface area contributed by atoms with Crippen molar-refractivity contribution < 1.29 is 32.9 Å². The zero-order chi connectivity index (χ0) is 33.5. The standard InChI is InChI=1S/C38H54O7Si/c1-27-15-20-33-38(6,44-36(42-33)30-13-11-10-12-14-30)23-21-32(45-46(8,9)37(3,4)5)25-34(39)43-35(27)28(2)22-24-41-26-29-16-18-31(40-7)19-17-29/h10-20,22,27,32-33,35-36H,21,23-26H2,1-9H3/t27-,32+,33-,35-,36-,38+/m0/s1. The molecule has 6 atom stereocenters. The molecule has 0 radical (unpaired) electrons. The number of rotatable bonds is 9. The van der Waals surface area contributed by atoms with E-state index in [1.54, 1.807) is 7.11 Å². The van der Waals surface area contributed by atoms with Gasteiger partial charge in [0.05, 0.1) is 38.4 Å². The number of carbonyl (C=O) groups is 1. The number of hydrogen-bond donors (Lipinski definition) is 0. The lowest BCUT2D eigenvalue weighted by atomic mass is 9.89. The molecule has 0 spiro atoms. The molecule has 0 N–H and O–H groups in total. The molecule has 2 aromatic rings. The molecule has 2 heterocycles. The number of cyclic esters (lactones) is 1. The van der Waals surface area contributed by atoms with Gasteiger partial charge >= 0.3 is 5.97 Å². The lowest BCUT2D eigenvalue weighted by Gasteiger charge is -2.40. The van der Waals surface area contributed by atoms with Crippen molar-refractivity contribution in [3.8, 4) is 5.75 Å². The van der Waals surface area contributed by atoms with Crippen molar-refractivity contribution in [3.05, 3.63) is 89.5 Å². The fraction of sp³-hybridized carbons (Fsp3) is 0.553.